The van der Waals surface area contributed by atoms with E-state index in [1.54, 1.807) is 19.1 Å². The number of esters is 1. The molecule has 0 saturated heterocycles. The van der Waals surface area contributed by atoms with Crippen LogP contribution in [0.3, 0.4) is 0 Å². The number of sulfonamides is 1. The van der Waals surface area contributed by atoms with E-state index in [9.17, 15) is 31.2 Å². The second kappa shape index (κ2) is 9.05. The first kappa shape index (κ1) is 22.4. The number of carbonyl (C=O) groups is 2. The molecule has 156 valence electrons. The number of hydrogen-bond acceptors (Lipinski definition) is 5. The predicted octanol–water partition coefficient (Wildman–Crippen LogP) is 2.47. The Bertz CT molecular complexity index is 972. The summed E-state index contributed by atoms with van der Waals surface area (Å²) in [7, 11) is -3.92. The molecule has 7 nitrogen and oxygen atoms in total. The Labute approximate surface area is 164 Å². The molecule has 0 saturated carbocycles. The Kier molecular flexibility index (Phi) is 6.98. The van der Waals surface area contributed by atoms with Crippen LogP contribution in [0.25, 0.3) is 0 Å². The lowest BCUT2D eigenvalue weighted by atomic mass is 10.2. The van der Waals surface area contributed by atoms with Gasteiger partial charge < -0.3 is 10.1 Å². The number of hydrogen-bond donors (Lipinski definition) is 2. The zero-order valence-corrected chi connectivity index (χ0v) is 15.9. The second-order valence-electron chi connectivity index (χ2n) is 5.92. The SMILES string of the molecule is Cc1ccc(S(=O)(=O)NCC(=O)OCC(=O)Nc2ccc(C(F)(F)F)cc2)cc1. The van der Waals surface area contributed by atoms with Crippen molar-refractivity contribution in [3.8, 4) is 0 Å². The lowest BCUT2D eigenvalue weighted by Crippen LogP contribution is -2.32. The van der Waals surface area contributed by atoms with Crippen LogP contribution >= 0.6 is 0 Å². The van der Waals surface area contributed by atoms with Gasteiger partial charge in [0.2, 0.25) is 10.0 Å². The number of ether oxygens (including phenoxy) is 1. The molecule has 0 fully saturated rings. The van der Waals surface area contributed by atoms with E-state index in [1.807, 2.05) is 4.72 Å². The van der Waals surface area contributed by atoms with Gasteiger partial charge in [0, 0.05) is 5.69 Å². The normalized spacial score (nSPS) is 11.7. The van der Waals surface area contributed by atoms with Crippen LogP contribution in [-0.4, -0.2) is 33.4 Å². The molecular formula is C18H17F3N2O5S. The number of aryl methyl sites for hydroxylation is 1. The zero-order valence-electron chi connectivity index (χ0n) is 15.1. The van der Waals surface area contributed by atoms with Crippen molar-refractivity contribution in [1.29, 1.82) is 0 Å². The van der Waals surface area contributed by atoms with Crippen molar-refractivity contribution >= 4 is 27.6 Å². The first-order valence-electron chi connectivity index (χ1n) is 8.16. The number of carbonyl (C=O) groups excluding carboxylic acids is 2. The number of amides is 1. The molecule has 2 aromatic rings. The van der Waals surface area contributed by atoms with Gasteiger partial charge in [-0.05, 0) is 43.3 Å². The number of alkyl halides is 3. The minimum atomic E-state index is -4.50. The average molecular weight is 430 g/mol. The number of anilines is 1. The summed E-state index contributed by atoms with van der Waals surface area (Å²) in [6.07, 6.45) is -4.50. The van der Waals surface area contributed by atoms with Gasteiger partial charge in [0.15, 0.2) is 6.61 Å². The average Bonchev–Trinajstić information content (AvgIpc) is 2.65. The molecule has 29 heavy (non-hydrogen) atoms. The van der Waals surface area contributed by atoms with Crippen LogP contribution in [0.5, 0.6) is 0 Å². The van der Waals surface area contributed by atoms with E-state index in [2.05, 4.69) is 10.1 Å². The van der Waals surface area contributed by atoms with Crippen LogP contribution in [0.1, 0.15) is 11.1 Å². The van der Waals surface area contributed by atoms with Gasteiger partial charge in [0.1, 0.15) is 6.54 Å². The van der Waals surface area contributed by atoms with Crippen LogP contribution < -0.4 is 10.0 Å². The first-order chi connectivity index (χ1) is 13.5. The Morgan fingerprint density at radius 1 is 1.00 bits per heavy atom. The first-order valence-corrected chi connectivity index (χ1v) is 9.65. The number of benzene rings is 2. The molecule has 0 aliphatic carbocycles. The fraction of sp³-hybridized carbons (Fsp3) is 0.222. The summed E-state index contributed by atoms with van der Waals surface area (Å²) < 4.78 is 68.2. The summed E-state index contributed by atoms with van der Waals surface area (Å²) in [5.74, 6) is -1.79. The predicted molar refractivity (Wildman–Crippen MR) is 97.4 cm³/mol. The van der Waals surface area contributed by atoms with Gasteiger partial charge in [0.25, 0.3) is 5.91 Å². The molecule has 1 amide bonds. The third kappa shape index (κ3) is 6.88. The van der Waals surface area contributed by atoms with Gasteiger partial charge in [-0.3, -0.25) is 9.59 Å². The molecule has 0 bridgehead atoms. The van der Waals surface area contributed by atoms with Gasteiger partial charge in [-0.2, -0.15) is 17.9 Å². The van der Waals surface area contributed by atoms with Crippen molar-refractivity contribution in [2.45, 2.75) is 18.0 Å². The van der Waals surface area contributed by atoms with Crippen molar-refractivity contribution in [3.63, 3.8) is 0 Å². The van der Waals surface area contributed by atoms with Gasteiger partial charge in [-0.15, -0.1) is 0 Å². The van der Waals surface area contributed by atoms with E-state index in [0.29, 0.717) is 0 Å². The standard InChI is InChI=1S/C18H17F3N2O5S/c1-12-2-8-15(9-3-12)29(26,27)22-10-17(25)28-11-16(24)23-14-6-4-13(5-7-14)18(19,20)21/h2-9,22H,10-11H2,1H3,(H,23,24). The Balaban J connectivity index is 1.80. The minimum absolute atomic E-state index is 0.0315. The van der Waals surface area contributed by atoms with E-state index >= 15 is 0 Å². The summed E-state index contributed by atoms with van der Waals surface area (Å²) in [5.41, 5.74) is 0.0735. The maximum atomic E-state index is 12.5. The number of rotatable bonds is 7. The van der Waals surface area contributed by atoms with E-state index in [4.69, 9.17) is 0 Å². The monoisotopic (exact) mass is 430 g/mol. The molecule has 0 spiro atoms. The second-order valence-corrected chi connectivity index (χ2v) is 7.69. The summed E-state index contributed by atoms with van der Waals surface area (Å²) in [6, 6.07) is 9.64. The molecule has 0 radical (unpaired) electrons. The maximum absolute atomic E-state index is 12.5. The third-order valence-electron chi connectivity index (χ3n) is 3.60. The van der Waals surface area contributed by atoms with Crippen LogP contribution in [0.15, 0.2) is 53.4 Å². The summed E-state index contributed by atoms with van der Waals surface area (Å²) >= 11 is 0. The Hall–Kier alpha value is -2.92. The van der Waals surface area contributed by atoms with E-state index in [0.717, 1.165) is 29.8 Å². The highest BCUT2D eigenvalue weighted by molar-refractivity contribution is 7.89. The van der Waals surface area contributed by atoms with Crippen molar-refractivity contribution in [2.24, 2.45) is 0 Å². The molecule has 0 heterocycles. The number of nitrogens with one attached hydrogen (secondary N) is 2. The van der Waals surface area contributed by atoms with Crippen LogP contribution in [-0.2, 0) is 30.5 Å². The molecule has 0 aliphatic rings. The molecule has 2 aromatic carbocycles. The number of halogens is 3. The molecule has 0 unspecified atom stereocenters. The van der Waals surface area contributed by atoms with Gasteiger partial charge in [0.05, 0.1) is 10.5 Å². The molecule has 2 rings (SSSR count). The topological polar surface area (TPSA) is 102 Å². The smallest absolute Gasteiger partial charge is 0.416 e. The fourth-order valence-electron chi connectivity index (χ4n) is 2.09. The fourth-order valence-corrected chi connectivity index (χ4v) is 3.06. The van der Waals surface area contributed by atoms with Crippen LogP contribution in [0.2, 0.25) is 0 Å². The van der Waals surface area contributed by atoms with Crippen molar-refractivity contribution in [1.82, 2.24) is 4.72 Å². The van der Waals surface area contributed by atoms with Crippen molar-refractivity contribution in [2.75, 3.05) is 18.5 Å². The molecular weight excluding hydrogens is 413 g/mol. The quantitative estimate of drug-likeness (QED) is 0.658. The lowest BCUT2D eigenvalue weighted by molar-refractivity contribution is -0.146. The zero-order chi connectivity index (χ0) is 21.7. The maximum Gasteiger partial charge on any atom is 0.416 e. The molecule has 0 aromatic heterocycles. The van der Waals surface area contributed by atoms with E-state index < -0.39 is 46.8 Å². The Morgan fingerprint density at radius 3 is 2.14 bits per heavy atom. The largest absolute Gasteiger partial charge is 0.455 e. The van der Waals surface area contributed by atoms with E-state index in [1.165, 1.54) is 12.1 Å². The van der Waals surface area contributed by atoms with Gasteiger partial charge in [-0.1, -0.05) is 17.7 Å². The Morgan fingerprint density at radius 2 is 1.59 bits per heavy atom. The molecule has 11 heteroatoms. The van der Waals surface area contributed by atoms with E-state index in [-0.39, 0.29) is 10.6 Å². The third-order valence-corrected chi connectivity index (χ3v) is 5.02. The van der Waals surface area contributed by atoms with Crippen LogP contribution in [0.4, 0.5) is 18.9 Å². The summed E-state index contributed by atoms with van der Waals surface area (Å²) in [4.78, 5) is 23.3. The molecule has 0 aliphatic heterocycles. The summed E-state index contributed by atoms with van der Waals surface area (Å²) in [6.45, 7) is 0.368. The van der Waals surface area contributed by atoms with Gasteiger partial charge >= 0.3 is 12.1 Å². The highest BCUT2D eigenvalue weighted by Gasteiger charge is 2.30. The van der Waals surface area contributed by atoms with Crippen molar-refractivity contribution in [3.05, 3.63) is 59.7 Å². The van der Waals surface area contributed by atoms with Crippen molar-refractivity contribution < 1.29 is 35.9 Å². The lowest BCUT2D eigenvalue weighted by Gasteiger charge is -2.10. The molecule has 0 atom stereocenters. The highest BCUT2D eigenvalue weighted by Crippen LogP contribution is 2.29. The minimum Gasteiger partial charge on any atom is -0.455 e. The van der Waals surface area contributed by atoms with Crippen LogP contribution in [0, 0.1) is 6.92 Å². The summed E-state index contributed by atoms with van der Waals surface area (Å²) in [5, 5.41) is 2.26. The molecule has 2 N–H and O–H groups in total. The van der Waals surface area contributed by atoms with Gasteiger partial charge in [-0.25, -0.2) is 8.42 Å². The highest BCUT2D eigenvalue weighted by atomic mass is 32.2.